The Morgan fingerprint density at radius 1 is 0.722 bits per heavy atom. The summed E-state index contributed by atoms with van der Waals surface area (Å²) in [5.74, 6) is -0.0386. The highest BCUT2D eigenvalue weighted by Gasteiger charge is 2.34. The molecule has 0 aliphatic rings. The summed E-state index contributed by atoms with van der Waals surface area (Å²) < 4.78 is 37.9. The predicted molar refractivity (Wildman–Crippen MR) is 59.1 cm³/mol. The molecule has 94 valence electrons. The van der Waals surface area contributed by atoms with Crippen molar-refractivity contribution in [3.8, 4) is 11.5 Å². The third-order valence-electron chi connectivity index (χ3n) is 2.16. The first-order valence-corrected chi connectivity index (χ1v) is 5.13. The Morgan fingerprint density at radius 2 is 1.33 bits per heavy atom. The van der Waals surface area contributed by atoms with Crippen LogP contribution in [0.2, 0.25) is 0 Å². The minimum absolute atomic E-state index is 0.328. The molecule has 0 N–H and O–H groups in total. The second-order valence-corrected chi connectivity index (χ2v) is 3.47. The zero-order chi connectivity index (χ0) is 13.0. The van der Waals surface area contributed by atoms with Crippen LogP contribution in [-0.2, 0) is 6.18 Å². The molecule has 0 aromatic heterocycles. The fraction of sp³-hybridized carbons (Fsp3) is 0.0769. The van der Waals surface area contributed by atoms with Gasteiger partial charge in [0.1, 0.15) is 5.56 Å². The van der Waals surface area contributed by atoms with Crippen molar-refractivity contribution < 1.29 is 22.9 Å². The quantitative estimate of drug-likeness (QED) is 0.607. The number of benzene rings is 2. The Hall–Kier alpha value is -2.17. The molecule has 0 radical (unpaired) electrons. The fourth-order valence-corrected chi connectivity index (χ4v) is 1.34. The lowest BCUT2D eigenvalue weighted by molar-refractivity contribution is -0.150. The smallest absolute Gasteiger partial charge is 0.290 e. The zero-order valence-corrected chi connectivity index (χ0v) is 9.15. The molecule has 0 amide bonds. The lowest BCUT2D eigenvalue weighted by atomic mass is 10.2. The summed E-state index contributed by atoms with van der Waals surface area (Å²) in [4.78, 5) is 9.56. The Balaban J connectivity index is 2.15. The molecular formula is C13H9F3O2. The second-order valence-electron chi connectivity index (χ2n) is 3.47. The van der Waals surface area contributed by atoms with Crippen LogP contribution < -0.4 is 9.78 Å². The van der Waals surface area contributed by atoms with Gasteiger partial charge in [0.15, 0.2) is 11.5 Å². The van der Waals surface area contributed by atoms with Crippen molar-refractivity contribution in [2.45, 2.75) is 6.18 Å². The van der Waals surface area contributed by atoms with Crippen molar-refractivity contribution in [3.05, 3.63) is 60.2 Å². The second kappa shape index (κ2) is 5.00. The first-order valence-electron chi connectivity index (χ1n) is 5.13. The number of hydrogen-bond acceptors (Lipinski definition) is 2. The van der Waals surface area contributed by atoms with Crippen LogP contribution in [0.5, 0.6) is 11.5 Å². The van der Waals surface area contributed by atoms with Crippen LogP contribution in [0.4, 0.5) is 13.2 Å². The molecule has 2 aromatic rings. The minimum Gasteiger partial charge on any atom is -0.290 e. The van der Waals surface area contributed by atoms with Gasteiger partial charge < -0.3 is 0 Å². The molecule has 0 saturated heterocycles. The lowest BCUT2D eigenvalue weighted by Crippen LogP contribution is -2.10. The summed E-state index contributed by atoms with van der Waals surface area (Å²) in [6, 6.07) is 13.2. The van der Waals surface area contributed by atoms with Crippen LogP contribution in [0.1, 0.15) is 5.56 Å². The Morgan fingerprint density at radius 3 is 2.00 bits per heavy atom. The molecule has 2 aromatic carbocycles. The first-order chi connectivity index (χ1) is 8.57. The molecule has 0 saturated carbocycles. The van der Waals surface area contributed by atoms with Gasteiger partial charge in [-0.25, -0.2) is 0 Å². The maximum atomic E-state index is 12.6. The molecule has 5 heteroatoms. The van der Waals surface area contributed by atoms with Gasteiger partial charge in [0.2, 0.25) is 0 Å². The van der Waals surface area contributed by atoms with E-state index in [1.54, 1.807) is 30.3 Å². The van der Waals surface area contributed by atoms with Crippen LogP contribution in [0.3, 0.4) is 0 Å². The summed E-state index contributed by atoms with van der Waals surface area (Å²) in [5.41, 5.74) is -0.874. The molecule has 0 aliphatic carbocycles. The zero-order valence-electron chi connectivity index (χ0n) is 9.15. The highest BCUT2D eigenvalue weighted by molar-refractivity contribution is 5.35. The van der Waals surface area contributed by atoms with Crippen molar-refractivity contribution >= 4 is 0 Å². The van der Waals surface area contributed by atoms with Crippen molar-refractivity contribution in [1.29, 1.82) is 0 Å². The Bertz CT molecular complexity index is 509. The largest absolute Gasteiger partial charge is 0.420 e. The molecule has 0 aliphatic heterocycles. The summed E-state index contributed by atoms with van der Waals surface area (Å²) >= 11 is 0. The minimum atomic E-state index is -4.48. The van der Waals surface area contributed by atoms with Gasteiger partial charge in [-0.15, -0.1) is 0 Å². The Labute approximate surface area is 102 Å². The molecule has 2 nitrogen and oxygen atoms in total. The van der Waals surface area contributed by atoms with E-state index in [4.69, 9.17) is 9.78 Å². The van der Waals surface area contributed by atoms with Crippen molar-refractivity contribution in [2.75, 3.05) is 0 Å². The molecule has 2 rings (SSSR count). The third kappa shape index (κ3) is 2.94. The molecule has 0 heterocycles. The van der Waals surface area contributed by atoms with Crippen LogP contribution in [-0.4, -0.2) is 0 Å². The predicted octanol–water partition coefficient (Wildman–Crippen LogP) is 4.08. The molecule has 0 unspecified atom stereocenters. The van der Waals surface area contributed by atoms with Gasteiger partial charge in [0.25, 0.3) is 0 Å². The normalized spacial score (nSPS) is 11.1. The van der Waals surface area contributed by atoms with Gasteiger partial charge in [0, 0.05) is 0 Å². The summed E-state index contributed by atoms with van der Waals surface area (Å²) in [6.07, 6.45) is -4.48. The van der Waals surface area contributed by atoms with E-state index in [9.17, 15) is 13.2 Å². The van der Waals surface area contributed by atoms with Crippen LogP contribution in [0.25, 0.3) is 0 Å². The molecule has 0 atom stereocenters. The molecule has 0 fully saturated rings. The average Bonchev–Trinajstić information content (AvgIpc) is 2.37. The summed E-state index contributed by atoms with van der Waals surface area (Å²) in [6.45, 7) is 0. The van der Waals surface area contributed by atoms with Crippen LogP contribution in [0, 0.1) is 0 Å². The van der Waals surface area contributed by atoms with E-state index in [2.05, 4.69) is 0 Å². The van der Waals surface area contributed by atoms with E-state index in [1.165, 1.54) is 18.2 Å². The van der Waals surface area contributed by atoms with E-state index in [-0.39, 0.29) is 5.75 Å². The summed E-state index contributed by atoms with van der Waals surface area (Å²) in [7, 11) is 0. The van der Waals surface area contributed by atoms with E-state index in [1.807, 2.05) is 0 Å². The topological polar surface area (TPSA) is 18.5 Å². The molecule has 0 spiro atoms. The number of halogens is 3. The van der Waals surface area contributed by atoms with Crippen molar-refractivity contribution in [3.63, 3.8) is 0 Å². The van der Waals surface area contributed by atoms with Crippen molar-refractivity contribution in [1.82, 2.24) is 0 Å². The maximum Gasteiger partial charge on any atom is 0.420 e. The number of para-hydroxylation sites is 2. The Kier molecular flexibility index (Phi) is 3.41. The average molecular weight is 254 g/mol. The molecule has 18 heavy (non-hydrogen) atoms. The lowest BCUT2D eigenvalue weighted by Gasteiger charge is -2.12. The standard InChI is InChI=1S/C13H9F3O2/c14-13(15,16)11-8-4-5-9-12(11)18-17-10-6-2-1-3-7-10/h1-9H. The fourth-order valence-electron chi connectivity index (χ4n) is 1.34. The van der Waals surface area contributed by atoms with Gasteiger partial charge in [-0.1, -0.05) is 30.3 Å². The highest BCUT2D eigenvalue weighted by atomic mass is 19.4. The highest BCUT2D eigenvalue weighted by Crippen LogP contribution is 2.36. The number of hydrogen-bond donors (Lipinski definition) is 0. The maximum absolute atomic E-state index is 12.6. The van der Waals surface area contributed by atoms with Gasteiger partial charge in [-0.05, 0) is 24.3 Å². The molecule has 0 bridgehead atoms. The van der Waals surface area contributed by atoms with Gasteiger partial charge >= 0.3 is 6.18 Å². The van der Waals surface area contributed by atoms with Gasteiger partial charge in [-0.2, -0.15) is 13.2 Å². The van der Waals surface area contributed by atoms with Crippen LogP contribution in [0.15, 0.2) is 54.6 Å². The third-order valence-corrected chi connectivity index (χ3v) is 2.16. The van der Waals surface area contributed by atoms with Gasteiger partial charge in [-0.3, -0.25) is 9.78 Å². The molecular weight excluding hydrogens is 245 g/mol. The monoisotopic (exact) mass is 254 g/mol. The number of alkyl halides is 3. The van der Waals surface area contributed by atoms with Gasteiger partial charge in [0.05, 0.1) is 0 Å². The SMILES string of the molecule is FC(F)(F)c1ccccc1OOc1ccccc1. The number of rotatable bonds is 3. The van der Waals surface area contributed by atoms with Crippen molar-refractivity contribution in [2.24, 2.45) is 0 Å². The van der Waals surface area contributed by atoms with E-state index in [0.29, 0.717) is 5.75 Å². The van der Waals surface area contributed by atoms with E-state index in [0.717, 1.165) is 6.07 Å². The van der Waals surface area contributed by atoms with E-state index < -0.39 is 11.7 Å². The first kappa shape index (κ1) is 12.3. The summed E-state index contributed by atoms with van der Waals surface area (Å²) in [5, 5.41) is 0. The van der Waals surface area contributed by atoms with Crippen LogP contribution >= 0.6 is 0 Å². The van der Waals surface area contributed by atoms with E-state index >= 15 is 0 Å².